The second-order valence-electron chi connectivity index (χ2n) is 11.1. The third kappa shape index (κ3) is 8.37. The highest BCUT2D eigenvalue weighted by atomic mass is 35.5. The van der Waals surface area contributed by atoms with Crippen LogP contribution in [0.25, 0.3) is 5.82 Å². The van der Waals surface area contributed by atoms with E-state index in [4.69, 9.17) is 11.6 Å². The van der Waals surface area contributed by atoms with E-state index in [-0.39, 0.29) is 41.0 Å². The normalized spacial score (nSPS) is 19.6. The SMILES string of the molecule is O=C(NCc1ccc(C(F)(F)F)cc1Cl)[C@@H](CC1CCCCC1)Nc1cc(-n2ccnc2)nc(NC2CCS(=O)(=O)C2)n1. The van der Waals surface area contributed by atoms with E-state index >= 15 is 0 Å². The van der Waals surface area contributed by atoms with Crippen LogP contribution in [0.4, 0.5) is 24.9 Å². The Kier molecular flexibility index (Phi) is 9.45. The van der Waals surface area contributed by atoms with Crippen LogP contribution in [-0.4, -0.2) is 57.4 Å². The molecule has 3 N–H and O–H groups in total. The van der Waals surface area contributed by atoms with Crippen LogP contribution in [0, 0.1) is 5.92 Å². The summed E-state index contributed by atoms with van der Waals surface area (Å²) in [6, 6.07) is 3.67. The van der Waals surface area contributed by atoms with Gasteiger partial charge in [-0.25, -0.2) is 13.4 Å². The van der Waals surface area contributed by atoms with Gasteiger partial charge in [-0.2, -0.15) is 23.1 Å². The Labute approximate surface area is 252 Å². The molecular weight excluding hydrogens is 607 g/mol. The number of benzene rings is 1. The van der Waals surface area contributed by atoms with Gasteiger partial charge in [-0.05, 0) is 36.5 Å². The Morgan fingerprint density at radius 1 is 1.12 bits per heavy atom. The van der Waals surface area contributed by atoms with E-state index < -0.39 is 27.6 Å². The molecule has 1 saturated carbocycles. The number of sulfone groups is 1. The van der Waals surface area contributed by atoms with Crippen LogP contribution in [0.3, 0.4) is 0 Å². The third-order valence-corrected chi connectivity index (χ3v) is 9.93. The predicted molar refractivity (Wildman–Crippen MR) is 157 cm³/mol. The van der Waals surface area contributed by atoms with Crippen LogP contribution in [-0.2, 0) is 27.4 Å². The number of halogens is 4. The minimum absolute atomic E-state index is 0.0202. The highest BCUT2D eigenvalue weighted by Gasteiger charge is 2.32. The van der Waals surface area contributed by atoms with Crippen molar-refractivity contribution in [3.8, 4) is 5.82 Å². The number of hydrogen-bond acceptors (Lipinski definition) is 8. The quantitative estimate of drug-likeness (QED) is 0.283. The molecule has 3 aromatic rings. The molecule has 1 saturated heterocycles. The van der Waals surface area contributed by atoms with Crippen LogP contribution in [0.1, 0.15) is 56.1 Å². The van der Waals surface area contributed by atoms with Crippen LogP contribution in [0.15, 0.2) is 43.0 Å². The summed E-state index contributed by atoms with van der Waals surface area (Å²) in [5.41, 5.74) is -0.497. The zero-order valence-electron chi connectivity index (χ0n) is 23.3. The van der Waals surface area contributed by atoms with E-state index in [0.29, 0.717) is 36.0 Å². The lowest BCUT2D eigenvalue weighted by Gasteiger charge is -2.27. The molecule has 43 heavy (non-hydrogen) atoms. The molecular formula is C28H33ClF3N7O3S. The highest BCUT2D eigenvalue weighted by molar-refractivity contribution is 7.91. The minimum atomic E-state index is -4.52. The van der Waals surface area contributed by atoms with Crippen molar-refractivity contribution in [1.82, 2.24) is 24.8 Å². The molecule has 10 nitrogen and oxygen atoms in total. The van der Waals surface area contributed by atoms with Gasteiger partial charge in [0.1, 0.15) is 24.0 Å². The van der Waals surface area contributed by atoms with Crippen molar-refractivity contribution in [2.45, 2.75) is 69.8 Å². The first-order chi connectivity index (χ1) is 20.4. The lowest BCUT2D eigenvalue weighted by Crippen LogP contribution is -2.41. The van der Waals surface area contributed by atoms with Gasteiger partial charge >= 0.3 is 6.18 Å². The summed E-state index contributed by atoms with van der Waals surface area (Å²) in [4.78, 5) is 26.7. The average molecular weight is 640 g/mol. The Morgan fingerprint density at radius 2 is 1.91 bits per heavy atom. The number of carbonyl (C=O) groups is 1. The predicted octanol–water partition coefficient (Wildman–Crippen LogP) is 5.00. The van der Waals surface area contributed by atoms with Crippen molar-refractivity contribution in [3.63, 3.8) is 0 Å². The zero-order chi connectivity index (χ0) is 30.6. The molecule has 2 fully saturated rings. The maximum absolute atomic E-state index is 13.5. The number of carbonyl (C=O) groups excluding carboxylic acids is 1. The fourth-order valence-corrected chi connectivity index (χ4v) is 7.45. The molecule has 232 valence electrons. The first kappa shape index (κ1) is 31.0. The molecule has 0 spiro atoms. The molecule has 15 heteroatoms. The van der Waals surface area contributed by atoms with Crippen LogP contribution < -0.4 is 16.0 Å². The van der Waals surface area contributed by atoms with E-state index in [1.807, 2.05) is 0 Å². The van der Waals surface area contributed by atoms with Gasteiger partial charge in [0.05, 0.1) is 17.1 Å². The fraction of sp³-hybridized carbons (Fsp3) is 0.500. The van der Waals surface area contributed by atoms with Gasteiger partial charge in [0, 0.05) is 36.1 Å². The fourth-order valence-electron chi connectivity index (χ4n) is 5.53. The number of hydrogen-bond donors (Lipinski definition) is 3. The molecule has 1 unspecified atom stereocenters. The summed E-state index contributed by atoms with van der Waals surface area (Å²) in [7, 11) is -3.13. The van der Waals surface area contributed by atoms with E-state index in [2.05, 4.69) is 30.9 Å². The Hall–Kier alpha value is -3.39. The summed E-state index contributed by atoms with van der Waals surface area (Å²) in [6.07, 6.45) is 6.60. The molecule has 2 atom stereocenters. The molecule has 2 aliphatic rings. The molecule has 2 aromatic heterocycles. The van der Waals surface area contributed by atoms with Crippen LogP contribution in [0.2, 0.25) is 5.02 Å². The Balaban J connectivity index is 1.36. The minimum Gasteiger partial charge on any atom is -0.358 e. The van der Waals surface area contributed by atoms with Gasteiger partial charge in [-0.3, -0.25) is 9.36 Å². The van der Waals surface area contributed by atoms with Crippen molar-refractivity contribution in [1.29, 1.82) is 0 Å². The number of nitrogens with zero attached hydrogens (tertiary/aromatic N) is 4. The monoisotopic (exact) mass is 639 g/mol. The number of anilines is 2. The number of nitrogens with one attached hydrogen (secondary N) is 3. The van der Waals surface area contributed by atoms with Gasteiger partial charge in [0.2, 0.25) is 11.9 Å². The van der Waals surface area contributed by atoms with Gasteiger partial charge in [0.15, 0.2) is 9.84 Å². The van der Waals surface area contributed by atoms with Gasteiger partial charge in [-0.15, -0.1) is 0 Å². The molecule has 3 heterocycles. The number of amides is 1. The van der Waals surface area contributed by atoms with Crippen LogP contribution >= 0.6 is 11.6 Å². The smallest absolute Gasteiger partial charge is 0.358 e. The number of rotatable bonds is 10. The second-order valence-corrected chi connectivity index (χ2v) is 13.7. The number of alkyl halides is 3. The zero-order valence-corrected chi connectivity index (χ0v) is 24.9. The maximum atomic E-state index is 13.5. The van der Waals surface area contributed by atoms with Gasteiger partial charge in [0.25, 0.3) is 0 Å². The molecule has 1 aromatic carbocycles. The van der Waals surface area contributed by atoms with Crippen molar-refractivity contribution in [2.75, 3.05) is 22.1 Å². The first-order valence-electron chi connectivity index (χ1n) is 14.2. The van der Waals surface area contributed by atoms with E-state index in [1.54, 1.807) is 29.4 Å². The summed E-state index contributed by atoms with van der Waals surface area (Å²) in [6.45, 7) is -0.0499. The van der Waals surface area contributed by atoms with Crippen LogP contribution in [0.5, 0.6) is 0 Å². The topological polar surface area (TPSA) is 131 Å². The molecule has 0 radical (unpaired) electrons. The molecule has 1 amide bonds. The van der Waals surface area contributed by atoms with Crippen molar-refractivity contribution in [3.05, 3.63) is 59.1 Å². The number of aromatic nitrogens is 4. The van der Waals surface area contributed by atoms with E-state index in [9.17, 15) is 26.4 Å². The summed E-state index contributed by atoms with van der Waals surface area (Å²) < 4.78 is 64.9. The standard InChI is InChI=1S/C28H33ClF3N7O3S/c29-22-13-20(28(30,31)32)7-6-19(22)15-34-26(40)23(12-18-4-2-1-3-5-18)36-24-14-25(39-10-9-33-17-39)38-27(37-24)35-21-8-11-43(41,42)16-21/h6-7,9-10,13-14,17-18,21,23H,1-5,8,11-12,15-16H2,(H,34,40)(H2,35,36,37,38)/t21?,23-/m1/s1. The third-order valence-electron chi connectivity index (χ3n) is 7.81. The van der Waals surface area contributed by atoms with Gasteiger partial charge < -0.3 is 16.0 Å². The summed E-state index contributed by atoms with van der Waals surface area (Å²) >= 11 is 6.12. The molecule has 0 bridgehead atoms. The van der Waals surface area contributed by atoms with Crippen molar-refractivity contribution >= 4 is 39.1 Å². The molecule has 1 aliphatic heterocycles. The average Bonchev–Trinajstić information content (AvgIpc) is 3.61. The number of imidazole rings is 1. The Bertz CT molecular complexity index is 1530. The van der Waals surface area contributed by atoms with E-state index in [0.717, 1.165) is 44.2 Å². The second kappa shape index (κ2) is 13.1. The molecule has 1 aliphatic carbocycles. The molecule has 5 rings (SSSR count). The van der Waals surface area contributed by atoms with Gasteiger partial charge in [-0.1, -0.05) is 49.8 Å². The maximum Gasteiger partial charge on any atom is 0.416 e. The van der Waals surface area contributed by atoms with Crippen molar-refractivity contribution < 1.29 is 26.4 Å². The Morgan fingerprint density at radius 3 is 2.56 bits per heavy atom. The summed E-state index contributed by atoms with van der Waals surface area (Å²) in [5.74, 6) is 1.06. The first-order valence-corrected chi connectivity index (χ1v) is 16.4. The lowest BCUT2D eigenvalue weighted by molar-refractivity contribution is -0.137. The lowest BCUT2D eigenvalue weighted by atomic mass is 9.84. The summed E-state index contributed by atoms with van der Waals surface area (Å²) in [5, 5.41) is 9.11. The largest absolute Gasteiger partial charge is 0.416 e. The van der Waals surface area contributed by atoms with E-state index in [1.165, 1.54) is 6.07 Å². The highest BCUT2D eigenvalue weighted by Crippen LogP contribution is 2.32. The van der Waals surface area contributed by atoms with Crippen molar-refractivity contribution in [2.24, 2.45) is 5.92 Å².